The van der Waals surface area contributed by atoms with Crippen LogP contribution >= 0.6 is 11.8 Å². The minimum atomic E-state index is -4.43. The fourth-order valence-corrected chi connectivity index (χ4v) is 4.25. The van der Waals surface area contributed by atoms with Crippen LogP contribution in [0.2, 0.25) is 0 Å². The lowest BCUT2D eigenvalue weighted by atomic mass is 9.85. The van der Waals surface area contributed by atoms with Crippen molar-refractivity contribution in [2.45, 2.75) is 50.0 Å². The highest BCUT2D eigenvalue weighted by Crippen LogP contribution is 2.38. The number of carbonyl (C=O) groups is 1. The van der Waals surface area contributed by atoms with E-state index in [2.05, 4.69) is 22.1 Å². The number of nitrogens with one attached hydrogen (secondary N) is 1. The Morgan fingerprint density at radius 2 is 2.11 bits per heavy atom. The molecule has 1 aliphatic rings. The van der Waals surface area contributed by atoms with Gasteiger partial charge in [-0.15, -0.1) is 10.2 Å². The van der Waals surface area contributed by atoms with Crippen molar-refractivity contribution in [1.29, 1.82) is 0 Å². The molecule has 1 N–H and O–H groups in total. The Morgan fingerprint density at radius 1 is 1.32 bits per heavy atom. The van der Waals surface area contributed by atoms with E-state index in [9.17, 15) is 18.0 Å². The van der Waals surface area contributed by atoms with Crippen molar-refractivity contribution in [2.75, 3.05) is 12.3 Å². The fourth-order valence-electron chi connectivity index (χ4n) is 3.43. The molecule has 0 aliphatic heterocycles. The highest BCUT2D eigenvalue weighted by Gasteiger charge is 2.30. The minimum Gasteiger partial charge on any atom is -0.346 e. The van der Waals surface area contributed by atoms with Gasteiger partial charge in [0.05, 0.1) is 5.75 Å². The number of aromatic nitrogens is 4. The van der Waals surface area contributed by atoms with Gasteiger partial charge in [-0.3, -0.25) is 14.3 Å². The molecule has 2 aromatic rings. The van der Waals surface area contributed by atoms with Gasteiger partial charge in [-0.25, -0.2) is 0 Å². The summed E-state index contributed by atoms with van der Waals surface area (Å²) in [6, 6.07) is 3.89. The molecule has 2 aromatic heterocycles. The van der Waals surface area contributed by atoms with E-state index in [1.165, 1.54) is 6.42 Å². The second kappa shape index (κ2) is 8.93. The lowest BCUT2D eigenvalue weighted by molar-refractivity contribution is -0.136. The number of alkyl halides is 3. The van der Waals surface area contributed by atoms with Crippen LogP contribution in [-0.4, -0.2) is 44.1 Å². The number of carbonyl (C=O) groups excluding carboxylic acids is 1. The number of nitrogens with zero attached hydrogens (tertiary/aromatic N) is 4. The van der Waals surface area contributed by atoms with Crippen molar-refractivity contribution in [3.8, 4) is 11.4 Å². The molecule has 0 spiro atoms. The van der Waals surface area contributed by atoms with Crippen LogP contribution in [0.5, 0.6) is 0 Å². The average Bonchev–Trinajstić information content (AvgIpc) is 3.09. The second-order valence-corrected chi connectivity index (χ2v) is 7.87. The Hall–Kier alpha value is -2.10. The molecule has 2 heterocycles. The highest BCUT2D eigenvalue weighted by atomic mass is 32.2. The topological polar surface area (TPSA) is 72.7 Å². The molecule has 3 rings (SSSR count). The van der Waals surface area contributed by atoms with Crippen molar-refractivity contribution < 1.29 is 18.0 Å². The molecule has 28 heavy (non-hydrogen) atoms. The lowest BCUT2D eigenvalue weighted by Crippen LogP contribution is -2.34. The van der Waals surface area contributed by atoms with Gasteiger partial charge in [0.25, 0.3) is 0 Å². The van der Waals surface area contributed by atoms with Gasteiger partial charge in [0.2, 0.25) is 5.91 Å². The van der Waals surface area contributed by atoms with Gasteiger partial charge in [0.15, 0.2) is 11.0 Å². The summed E-state index contributed by atoms with van der Waals surface area (Å²) in [6.07, 6.45) is 3.28. The Labute approximate surface area is 165 Å². The van der Waals surface area contributed by atoms with Gasteiger partial charge in [-0.1, -0.05) is 31.5 Å². The molecule has 1 saturated carbocycles. The maximum absolute atomic E-state index is 12.3. The number of pyridine rings is 1. The van der Waals surface area contributed by atoms with E-state index >= 15 is 0 Å². The summed E-state index contributed by atoms with van der Waals surface area (Å²) in [5, 5.41) is 11.0. The van der Waals surface area contributed by atoms with Crippen LogP contribution in [0.1, 0.15) is 38.6 Å². The summed E-state index contributed by atoms with van der Waals surface area (Å²) in [6.45, 7) is 0.848. The standard InChI is InChI=1S/C18H22F3N5OS/c1-12-5-2-3-7-14(12)26-16(13-6-4-8-22-9-13)24-25-17(26)28-10-15(27)23-11-18(19,20)21/h4,6,8-9,12,14H,2-3,5,7,10-11H2,1H3,(H,23,27)/t12-,14-/m1/s1. The number of thioether (sulfide) groups is 1. The van der Waals surface area contributed by atoms with Crippen LogP contribution in [-0.2, 0) is 4.79 Å². The van der Waals surface area contributed by atoms with Gasteiger partial charge in [-0.2, -0.15) is 13.2 Å². The first kappa shape index (κ1) is 20.6. The summed E-state index contributed by atoms with van der Waals surface area (Å²) >= 11 is 1.11. The van der Waals surface area contributed by atoms with Crippen LogP contribution < -0.4 is 5.32 Å². The van der Waals surface area contributed by atoms with E-state index in [-0.39, 0.29) is 11.8 Å². The van der Waals surface area contributed by atoms with Crippen LogP contribution in [0.4, 0.5) is 13.2 Å². The first-order valence-electron chi connectivity index (χ1n) is 9.16. The van der Waals surface area contributed by atoms with Gasteiger partial charge in [0.1, 0.15) is 6.54 Å². The molecule has 0 bridgehead atoms. The molecular weight excluding hydrogens is 391 g/mol. The van der Waals surface area contributed by atoms with Crippen LogP contribution in [0.15, 0.2) is 29.7 Å². The van der Waals surface area contributed by atoms with Crippen molar-refractivity contribution in [1.82, 2.24) is 25.1 Å². The summed E-state index contributed by atoms with van der Waals surface area (Å²) in [7, 11) is 0. The van der Waals surface area contributed by atoms with E-state index in [0.717, 1.165) is 36.6 Å². The van der Waals surface area contributed by atoms with E-state index < -0.39 is 18.6 Å². The highest BCUT2D eigenvalue weighted by molar-refractivity contribution is 7.99. The number of rotatable bonds is 6. The van der Waals surface area contributed by atoms with E-state index in [1.54, 1.807) is 12.4 Å². The molecule has 0 saturated heterocycles. The zero-order chi connectivity index (χ0) is 20.1. The molecule has 152 valence electrons. The third kappa shape index (κ3) is 5.24. The Bertz CT molecular complexity index is 796. The second-order valence-electron chi connectivity index (χ2n) is 6.93. The summed E-state index contributed by atoms with van der Waals surface area (Å²) in [5.41, 5.74) is 0.821. The van der Waals surface area contributed by atoms with Gasteiger partial charge in [-0.05, 0) is 30.9 Å². The number of halogens is 3. The minimum absolute atomic E-state index is 0.150. The summed E-state index contributed by atoms with van der Waals surface area (Å²) in [5.74, 6) is 0.252. The van der Waals surface area contributed by atoms with Crippen molar-refractivity contribution >= 4 is 17.7 Å². The first-order chi connectivity index (χ1) is 13.3. The van der Waals surface area contributed by atoms with E-state index in [1.807, 2.05) is 22.0 Å². The maximum Gasteiger partial charge on any atom is 0.405 e. The predicted octanol–water partition coefficient (Wildman–Crippen LogP) is 3.86. The van der Waals surface area contributed by atoms with Crippen molar-refractivity contribution in [2.24, 2.45) is 5.92 Å². The summed E-state index contributed by atoms with van der Waals surface area (Å²) in [4.78, 5) is 15.9. The molecule has 10 heteroatoms. The van der Waals surface area contributed by atoms with Crippen LogP contribution in [0, 0.1) is 5.92 Å². The molecule has 1 aliphatic carbocycles. The van der Waals surface area contributed by atoms with Crippen molar-refractivity contribution in [3.05, 3.63) is 24.5 Å². The Morgan fingerprint density at radius 3 is 2.79 bits per heavy atom. The smallest absolute Gasteiger partial charge is 0.346 e. The first-order valence-corrected chi connectivity index (χ1v) is 10.2. The van der Waals surface area contributed by atoms with Gasteiger partial charge < -0.3 is 5.32 Å². The van der Waals surface area contributed by atoms with Gasteiger partial charge in [0, 0.05) is 24.0 Å². The molecule has 0 radical (unpaired) electrons. The zero-order valence-electron chi connectivity index (χ0n) is 15.4. The molecular formula is C18H22F3N5OS. The van der Waals surface area contributed by atoms with Crippen LogP contribution in [0.3, 0.4) is 0 Å². The predicted molar refractivity (Wildman–Crippen MR) is 99.7 cm³/mol. The molecule has 1 fully saturated rings. The quantitative estimate of drug-likeness (QED) is 0.728. The van der Waals surface area contributed by atoms with Crippen LogP contribution in [0.25, 0.3) is 11.4 Å². The SMILES string of the molecule is C[C@@H]1CCCC[C@H]1n1c(SCC(=O)NCC(F)(F)F)nnc1-c1cccnc1. The zero-order valence-corrected chi connectivity index (χ0v) is 16.3. The van der Waals surface area contributed by atoms with Gasteiger partial charge >= 0.3 is 6.18 Å². The Balaban J connectivity index is 1.81. The third-order valence-corrected chi connectivity index (χ3v) is 5.74. The summed E-state index contributed by atoms with van der Waals surface area (Å²) < 4.78 is 38.8. The largest absolute Gasteiger partial charge is 0.405 e. The van der Waals surface area contributed by atoms with E-state index in [0.29, 0.717) is 16.9 Å². The monoisotopic (exact) mass is 413 g/mol. The number of hydrogen-bond donors (Lipinski definition) is 1. The molecule has 1 amide bonds. The normalized spacial score (nSPS) is 20.1. The average molecular weight is 413 g/mol. The number of hydrogen-bond acceptors (Lipinski definition) is 5. The maximum atomic E-state index is 12.3. The molecule has 0 aromatic carbocycles. The van der Waals surface area contributed by atoms with Crippen molar-refractivity contribution in [3.63, 3.8) is 0 Å². The van der Waals surface area contributed by atoms with E-state index in [4.69, 9.17) is 0 Å². The molecule has 0 unspecified atom stereocenters. The molecule has 2 atom stereocenters. The third-order valence-electron chi connectivity index (χ3n) is 4.80. The molecule has 6 nitrogen and oxygen atoms in total. The lowest BCUT2D eigenvalue weighted by Gasteiger charge is -2.31. The fraction of sp³-hybridized carbons (Fsp3) is 0.556. The Kier molecular flexibility index (Phi) is 6.58. The number of amides is 1.